The molecule has 0 fully saturated rings. The van der Waals surface area contributed by atoms with Crippen molar-refractivity contribution in [1.29, 1.82) is 0 Å². The van der Waals surface area contributed by atoms with Crippen molar-refractivity contribution in [3.8, 4) is 5.75 Å². The Bertz CT molecular complexity index is 629. The van der Waals surface area contributed by atoms with Crippen LogP contribution in [-0.2, 0) is 4.79 Å². The topological polar surface area (TPSA) is 38.3 Å². The Hall–Kier alpha value is -1.33. The molecule has 1 amide bonds. The lowest BCUT2D eigenvalue weighted by Crippen LogP contribution is -2.20. The molecule has 0 saturated carbocycles. The van der Waals surface area contributed by atoms with E-state index in [4.69, 9.17) is 4.74 Å². The first kappa shape index (κ1) is 15.1. The Labute approximate surface area is 134 Å². The van der Waals surface area contributed by atoms with Gasteiger partial charge in [-0.3, -0.25) is 4.79 Å². The van der Waals surface area contributed by atoms with Crippen LogP contribution < -0.4 is 10.1 Å². The Morgan fingerprint density at radius 3 is 2.70 bits per heavy atom. The second kappa shape index (κ2) is 6.90. The average Bonchev–Trinajstić information content (AvgIpc) is 2.41. The molecular weight excluding hydrogens is 386 g/mol. The van der Waals surface area contributed by atoms with Crippen molar-refractivity contribution in [3.05, 3.63) is 57.0 Å². The van der Waals surface area contributed by atoms with Gasteiger partial charge in [-0.2, -0.15) is 0 Å². The summed E-state index contributed by atoms with van der Waals surface area (Å²) in [5, 5.41) is 2.80. The molecule has 5 heteroatoms. The van der Waals surface area contributed by atoms with E-state index in [1.165, 1.54) is 0 Å². The molecule has 104 valence electrons. The van der Waals surface area contributed by atoms with E-state index in [2.05, 4.69) is 37.2 Å². The van der Waals surface area contributed by atoms with Gasteiger partial charge in [0.2, 0.25) is 0 Å². The van der Waals surface area contributed by atoms with E-state index in [1.807, 2.05) is 49.4 Å². The molecule has 0 radical (unpaired) electrons. The Morgan fingerprint density at radius 1 is 1.20 bits per heavy atom. The van der Waals surface area contributed by atoms with E-state index >= 15 is 0 Å². The number of halogens is 2. The number of hydrogen-bond acceptors (Lipinski definition) is 2. The predicted octanol–water partition coefficient (Wildman–Crippen LogP) is 4.54. The fourth-order valence-corrected chi connectivity index (χ4v) is 2.25. The normalized spacial score (nSPS) is 10.2. The minimum Gasteiger partial charge on any atom is -0.484 e. The number of carbonyl (C=O) groups is 1. The van der Waals surface area contributed by atoms with Gasteiger partial charge >= 0.3 is 0 Å². The lowest BCUT2D eigenvalue weighted by Gasteiger charge is -2.09. The summed E-state index contributed by atoms with van der Waals surface area (Å²) in [6, 6.07) is 13.0. The van der Waals surface area contributed by atoms with E-state index in [9.17, 15) is 4.79 Å². The summed E-state index contributed by atoms with van der Waals surface area (Å²) in [5.74, 6) is 0.466. The van der Waals surface area contributed by atoms with Crippen LogP contribution in [0.5, 0.6) is 5.75 Å². The zero-order valence-corrected chi connectivity index (χ0v) is 14.0. The molecule has 2 rings (SSSR count). The number of benzene rings is 2. The zero-order valence-electron chi connectivity index (χ0n) is 10.8. The summed E-state index contributed by atoms with van der Waals surface area (Å²) >= 11 is 6.77. The maximum Gasteiger partial charge on any atom is 0.262 e. The van der Waals surface area contributed by atoms with Gasteiger partial charge in [0.25, 0.3) is 5.91 Å². The summed E-state index contributed by atoms with van der Waals surface area (Å²) in [6.45, 7) is 1.95. The molecule has 0 aromatic heterocycles. The Kier molecular flexibility index (Phi) is 5.20. The maximum atomic E-state index is 11.8. The smallest absolute Gasteiger partial charge is 0.262 e. The van der Waals surface area contributed by atoms with E-state index in [1.54, 1.807) is 0 Å². The molecule has 0 spiro atoms. The van der Waals surface area contributed by atoms with E-state index in [-0.39, 0.29) is 12.5 Å². The minimum atomic E-state index is -0.188. The van der Waals surface area contributed by atoms with Crippen molar-refractivity contribution >= 4 is 43.5 Å². The fourth-order valence-electron chi connectivity index (χ4n) is 1.63. The zero-order chi connectivity index (χ0) is 14.5. The van der Waals surface area contributed by atoms with Crippen LogP contribution in [0.3, 0.4) is 0 Å². The van der Waals surface area contributed by atoms with Crippen LogP contribution in [0.1, 0.15) is 5.56 Å². The number of hydrogen-bond donors (Lipinski definition) is 1. The molecule has 2 aromatic carbocycles. The third kappa shape index (κ3) is 4.35. The Morgan fingerprint density at radius 2 is 2.00 bits per heavy atom. The number of ether oxygens (including phenoxy) is 1. The SMILES string of the molecule is Cc1cc(NC(=O)COc2cccc(Br)c2)ccc1Br. The standard InChI is InChI=1S/C15H13Br2NO2/c1-10-7-12(5-6-14(10)17)18-15(19)9-20-13-4-2-3-11(16)8-13/h2-8H,9H2,1H3,(H,18,19). The highest BCUT2D eigenvalue weighted by atomic mass is 79.9. The number of nitrogens with one attached hydrogen (secondary N) is 1. The summed E-state index contributed by atoms with van der Waals surface area (Å²) < 4.78 is 7.35. The maximum absolute atomic E-state index is 11.8. The summed E-state index contributed by atoms with van der Waals surface area (Å²) in [7, 11) is 0. The van der Waals surface area contributed by atoms with Crippen LogP contribution in [0.4, 0.5) is 5.69 Å². The van der Waals surface area contributed by atoms with Gasteiger partial charge in [-0.25, -0.2) is 0 Å². The highest BCUT2D eigenvalue weighted by Crippen LogP contribution is 2.20. The van der Waals surface area contributed by atoms with Crippen LogP contribution in [0.15, 0.2) is 51.4 Å². The monoisotopic (exact) mass is 397 g/mol. The van der Waals surface area contributed by atoms with Gasteiger partial charge in [-0.15, -0.1) is 0 Å². The molecule has 0 unspecified atom stereocenters. The summed E-state index contributed by atoms with van der Waals surface area (Å²) in [4.78, 5) is 11.8. The fraction of sp³-hybridized carbons (Fsp3) is 0.133. The molecule has 2 aromatic rings. The average molecular weight is 399 g/mol. The molecule has 0 atom stereocenters. The lowest BCUT2D eigenvalue weighted by molar-refractivity contribution is -0.118. The van der Waals surface area contributed by atoms with Gasteiger partial charge in [0.15, 0.2) is 6.61 Å². The van der Waals surface area contributed by atoms with Crippen molar-refractivity contribution in [2.45, 2.75) is 6.92 Å². The molecule has 0 aliphatic heterocycles. The van der Waals surface area contributed by atoms with Crippen LogP contribution in [0.2, 0.25) is 0 Å². The van der Waals surface area contributed by atoms with Gasteiger partial charge in [-0.1, -0.05) is 37.9 Å². The van der Waals surface area contributed by atoms with Gasteiger partial charge < -0.3 is 10.1 Å². The van der Waals surface area contributed by atoms with Gasteiger partial charge in [-0.05, 0) is 48.9 Å². The van der Waals surface area contributed by atoms with Crippen molar-refractivity contribution in [3.63, 3.8) is 0 Å². The second-order valence-electron chi connectivity index (χ2n) is 4.26. The number of rotatable bonds is 4. The molecule has 0 aliphatic rings. The molecule has 20 heavy (non-hydrogen) atoms. The van der Waals surface area contributed by atoms with Gasteiger partial charge in [0.05, 0.1) is 0 Å². The molecule has 0 saturated heterocycles. The van der Waals surface area contributed by atoms with Crippen LogP contribution in [-0.4, -0.2) is 12.5 Å². The highest BCUT2D eigenvalue weighted by molar-refractivity contribution is 9.10. The highest BCUT2D eigenvalue weighted by Gasteiger charge is 2.05. The predicted molar refractivity (Wildman–Crippen MR) is 87.1 cm³/mol. The first-order valence-electron chi connectivity index (χ1n) is 5.99. The molecule has 3 nitrogen and oxygen atoms in total. The van der Waals surface area contributed by atoms with Crippen LogP contribution in [0, 0.1) is 6.92 Å². The number of carbonyl (C=O) groups excluding carboxylic acids is 1. The summed E-state index contributed by atoms with van der Waals surface area (Å²) in [5.41, 5.74) is 1.82. The third-order valence-corrected chi connectivity index (χ3v) is 3.99. The van der Waals surface area contributed by atoms with Gasteiger partial charge in [0.1, 0.15) is 5.75 Å². The number of aryl methyl sites for hydroxylation is 1. The van der Waals surface area contributed by atoms with Crippen molar-refractivity contribution < 1.29 is 9.53 Å². The second-order valence-corrected chi connectivity index (χ2v) is 6.03. The summed E-state index contributed by atoms with van der Waals surface area (Å²) in [6.07, 6.45) is 0. The lowest BCUT2D eigenvalue weighted by atomic mass is 10.2. The van der Waals surface area contributed by atoms with E-state index < -0.39 is 0 Å². The van der Waals surface area contributed by atoms with Crippen LogP contribution in [0.25, 0.3) is 0 Å². The van der Waals surface area contributed by atoms with Gasteiger partial charge in [0, 0.05) is 14.6 Å². The number of anilines is 1. The van der Waals surface area contributed by atoms with Crippen LogP contribution >= 0.6 is 31.9 Å². The van der Waals surface area contributed by atoms with Crippen molar-refractivity contribution in [1.82, 2.24) is 0 Å². The molecular formula is C15H13Br2NO2. The van der Waals surface area contributed by atoms with E-state index in [0.717, 1.165) is 20.2 Å². The largest absolute Gasteiger partial charge is 0.484 e. The first-order chi connectivity index (χ1) is 9.54. The van der Waals surface area contributed by atoms with E-state index in [0.29, 0.717) is 5.75 Å². The minimum absolute atomic E-state index is 0.0223. The molecule has 0 aliphatic carbocycles. The quantitative estimate of drug-likeness (QED) is 0.821. The third-order valence-electron chi connectivity index (χ3n) is 2.61. The number of amides is 1. The van der Waals surface area contributed by atoms with Crippen molar-refractivity contribution in [2.75, 3.05) is 11.9 Å². The Balaban J connectivity index is 1.91. The molecule has 0 heterocycles. The molecule has 0 bridgehead atoms. The van der Waals surface area contributed by atoms with Crippen molar-refractivity contribution in [2.24, 2.45) is 0 Å². The molecule has 1 N–H and O–H groups in total. The first-order valence-corrected chi connectivity index (χ1v) is 7.57.